The molecule has 1 atom stereocenters. The fraction of sp³-hybridized carbons (Fsp3) is 0.154. The molecule has 0 aliphatic rings. The molecule has 7 heteroatoms. The van der Waals surface area contributed by atoms with Gasteiger partial charge in [0.1, 0.15) is 5.75 Å². The van der Waals surface area contributed by atoms with Crippen molar-refractivity contribution in [3.8, 4) is 22.6 Å². The van der Waals surface area contributed by atoms with Crippen LogP contribution < -0.4 is 20.4 Å². The summed E-state index contributed by atoms with van der Waals surface area (Å²) >= 11 is 0. The number of ether oxygens (including phenoxy) is 2. The third kappa shape index (κ3) is 5.05. The zero-order valence-electron chi connectivity index (χ0n) is 18.0. The average Bonchev–Trinajstić information content (AvgIpc) is 2.86. The SMILES string of the molecule is COc1cccc2cc(-c3ccc(OCC(=O)N[C@H](CO)c4ccccc4)cc3)c(=O)oc12. The van der Waals surface area contributed by atoms with Crippen LogP contribution in [0, 0.1) is 0 Å². The number of hydrogen-bond acceptors (Lipinski definition) is 6. The number of amides is 1. The summed E-state index contributed by atoms with van der Waals surface area (Å²) in [6, 6.07) is 22.7. The van der Waals surface area contributed by atoms with Gasteiger partial charge in [-0.05, 0) is 35.4 Å². The van der Waals surface area contributed by atoms with E-state index < -0.39 is 11.7 Å². The Balaban J connectivity index is 1.43. The van der Waals surface area contributed by atoms with E-state index in [0.29, 0.717) is 28.2 Å². The number of carbonyl (C=O) groups is 1. The van der Waals surface area contributed by atoms with Crippen molar-refractivity contribution in [2.75, 3.05) is 20.3 Å². The lowest BCUT2D eigenvalue weighted by molar-refractivity contribution is -0.124. The Kier molecular flexibility index (Phi) is 6.71. The normalized spacial score (nSPS) is 11.7. The molecule has 0 aliphatic carbocycles. The second kappa shape index (κ2) is 10.0. The molecule has 2 N–H and O–H groups in total. The van der Waals surface area contributed by atoms with Gasteiger partial charge in [0.05, 0.1) is 25.3 Å². The van der Waals surface area contributed by atoms with Gasteiger partial charge in [-0.3, -0.25) is 4.79 Å². The van der Waals surface area contributed by atoms with E-state index in [9.17, 15) is 14.7 Å². The van der Waals surface area contributed by atoms with Crippen LogP contribution in [0.1, 0.15) is 11.6 Å². The van der Waals surface area contributed by atoms with E-state index in [1.54, 1.807) is 36.4 Å². The van der Waals surface area contributed by atoms with Crippen LogP contribution in [0.25, 0.3) is 22.1 Å². The van der Waals surface area contributed by atoms with Crippen LogP contribution in [-0.4, -0.2) is 31.3 Å². The molecular formula is C26H23NO6. The van der Waals surface area contributed by atoms with E-state index in [-0.39, 0.29) is 19.1 Å². The second-order valence-corrected chi connectivity index (χ2v) is 7.35. The number of benzene rings is 3. The number of rotatable bonds is 8. The first-order valence-corrected chi connectivity index (χ1v) is 10.4. The largest absolute Gasteiger partial charge is 0.493 e. The van der Waals surface area contributed by atoms with Gasteiger partial charge in [0, 0.05) is 5.39 Å². The van der Waals surface area contributed by atoms with Gasteiger partial charge in [-0.25, -0.2) is 4.79 Å². The predicted molar refractivity (Wildman–Crippen MR) is 124 cm³/mol. The topological polar surface area (TPSA) is 98.0 Å². The fourth-order valence-corrected chi connectivity index (χ4v) is 3.52. The van der Waals surface area contributed by atoms with Crippen molar-refractivity contribution in [1.29, 1.82) is 0 Å². The van der Waals surface area contributed by atoms with Crippen molar-refractivity contribution in [1.82, 2.24) is 5.32 Å². The minimum absolute atomic E-state index is 0.208. The quantitative estimate of drug-likeness (QED) is 0.402. The molecule has 3 aromatic carbocycles. The molecule has 0 saturated carbocycles. The van der Waals surface area contributed by atoms with E-state index >= 15 is 0 Å². The number of aliphatic hydroxyl groups excluding tert-OH is 1. The van der Waals surface area contributed by atoms with Crippen LogP contribution in [0.15, 0.2) is 88.1 Å². The second-order valence-electron chi connectivity index (χ2n) is 7.35. The molecule has 0 unspecified atom stereocenters. The molecule has 0 radical (unpaired) electrons. The lowest BCUT2D eigenvalue weighted by atomic mass is 10.1. The van der Waals surface area contributed by atoms with Crippen molar-refractivity contribution in [2.24, 2.45) is 0 Å². The average molecular weight is 445 g/mol. The van der Waals surface area contributed by atoms with Gasteiger partial charge < -0.3 is 24.3 Å². The van der Waals surface area contributed by atoms with Crippen LogP contribution in [0.2, 0.25) is 0 Å². The fourth-order valence-electron chi connectivity index (χ4n) is 3.52. The highest BCUT2D eigenvalue weighted by Gasteiger charge is 2.14. The summed E-state index contributed by atoms with van der Waals surface area (Å²) in [7, 11) is 1.52. The molecule has 1 amide bonds. The van der Waals surface area contributed by atoms with Crippen molar-refractivity contribution in [2.45, 2.75) is 6.04 Å². The molecule has 4 rings (SSSR count). The standard InChI is InChI=1S/C26H23NO6/c1-31-23-9-5-8-19-14-21(26(30)33-25(19)23)17-10-12-20(13-11-17)32-16-24(29)27-22(15-28)18-6-3-2-4-7-18/h2-14,22,28H,15-16H2,1H3,(H,27,29)/t22-/m1/s1. The van der Waals surface area contributed by atoms with Gasteiger partial charge in [-0.15, -0.1) is 0 Å². The third-order valence-electron chi connectivity index (χ3n) is 5.20. The van der Waals surface area contributed by atoms with Gasteiger partial charge in [0.25, 0.3) is 5.91 Å². The molecular weight excluding hydrogens is 422 g/mol. The van der Waals surface area contributed by atoms with Crippen molar-refractivity contribution >= 4 is 16.9 Å². The summed E-state index contributed by atoms with van der Waals surface area (Å²) in [5.41, 5.74) is 1.81. The van der Waals surface area contributed by atoms with Crippen LogP contribution in [0.4, 0.5) is 0 Å². The highest BCUT2D eigenvalue weighted by Crippen LogP contribution is 2.28. The summed E-state index contributed by atoms with van der Waals surface area (Å²) in [4.78, 5) is 24.8. The molecule has 1 aromatic heterocycles. The highest BCUT2D eigenvalue weighted by molar-refractivity contribution is 5.86. The van der Waals surface area contributed by atoms with Crippen LogP contribution in [-0.2, 0) is 4.79 Å². The minimum Gasteiger partial charge on any atom is -0.493 e. The van der Waals surface area contributed by atoms with Gasteiger partial charge in [0.15, 0.2) is 17.9 Å². The van der Waals surface area contributed by atoms with Gasteiger partial charge >= 0.3 is 5.63 Å². The number of nitrogens with one attached hydrogen (secondary N) is 1. The molecule has 4 aromatic rings. The Morgan fingerprint density at radius 2 is 1.79 bits per heavy atom. The molecule has 0 fully saturated rings. The zero-order valence-corrected chi connectivity index (χ0v) is 18.0. The minimum atomic E-state index is -0.504. The summed E-state index contributed by atoms with van der Waals surface area (Å²) in [5, 5.41) is 13.1. The highest BCUT2D eigenvalue weighted by atomic mass is 16.5. The van der Waals surface area contributed by atoms with E-state index in [4.69, 9.17) is 13.9 Å². The monoisotopic (exact) mass is 445 g/mol. The Labute approximate surface area is 190 Å². The predicted octanol–water partition coefficient (Wildman–Crippen LogP) is 3.70. The Bertz CT molecular complexity index is 1300. The summed E-state index contributed by atoms with van der Waals surface area (Å²) in [6.07, 6.45) is 0. The Morgan fingerprint density at radius 3 is 2.48 bits per heavy atom. The number of aliphatic hydroxyl groups is 1. The third-order valence-corrected chi connectivity index (χ3v) is 5.20. The summed E-state index contributed by atoms with van der Waals surface area (Å²) in [5.74, 6) is 0.612. The maximum Gasteiger partial charge on any atom is 0.344 e. The molecule has 1 heterocycles. The van der Waals surface area contributed by atoms with E-state index in [0.717, 1.165) is 10.9 Å². The van der Waals surface area contributed by atoms with E-state index in [1.807, 2.05) is 42.5 Å². The summed E-state index contributed by atoms with van der Waals surface area (Å²) < 4.78 is 16.3. The molecule has 168 valence electrons. The van der Waals surface area contributed by atoms with Gasteiger partial charge in [0.2, 0.25) is 0 Å². The van der Waals surface area contributed by atoms with Crippen LogP contribution >= 0.6 is 0 Å². The Morgan fingerprint density at radius 1 is 1.03 bits per heavy atom. The molecule has 7 nitrogen and oxygen atoms in total. The number of fused-ring (bicyclic) bond motifs is 1. The van der Waals surface area contributed by atoms with Gasteiger partial charge in [-0.1, -0.05) is 54.6 Å². The number of para-hydroxylation sites is 1. The lowest BCUT2D eigenvalue weighted by Crippen LogP contribution is -2.34. The zero-order chi connectivity index (χ0) is 23.2. The van der Waals surface area contributed by atoms with E-state index in [1.165, 1.54) is 7.11 Å². The molecule has 0 saturated heterocycles. The number of hydrogen-bond donors (Lipinski definition) is 2. The molecule has 0 aliphatic heterocycles. The number of carbonyl (C=O) groups excluding carboxylic acids is 1. The van der Waals surface area contributed by atoms with Crippen LogP contribution in [0.3, 0.4) is 0 Å². The first-order valence-electron chi connectivity index (χ1n) is 10.4. The first kappa shape index (κ1) is 22.1. The molecule has 0 bridgehead atoms. The number of methoxy groups -OCH3 is 1. The van der Waals surface area contributed by atoms with Gasteiger partial charge in [-0.2, -0.15) is 0 Å². The smallest absolute Gasteiger partial charge is 0.344 e. The van der Waals surface area contributed by atoms with E-state index in [2.05, 4.69) is 5.32 Å². The van der Waals surface area contributed by atoms with Crippen LogP contribution in [0.5, 0.6) is 11.5 Å². The first-order chi connectivity index (χ1) is 16.1. The van der Waals surface area contributed by atoms with Crippen molar-refractivity contribution in [3.05, 3.63) is 94.8 Å². The van der Waals surface area contributed by atoms with Crippen molar-refractivity contribution in [3.63, 3.8) is 0 Å². The van der Waals surface area contributed by atoms with Crippen molar-refractivity contribution < 1.29 is 23.8 Å². The molecule has 0 spiro atoms. The molecule has 33 heavy (non-hydrogen) atoms. The maximum absolute atomic E-state index is 12.5. The Hall–Kier alpha value is -4.10. The summed E-state index contributed by atoms with van der Waals surface area (Å²) in [6.45, 7) is -0.425. The lowest BCUT2D eigenvalue weighted by Gasteiger charge is -2.17. The maximum atomic E-state index is 12.5.